The van der Waals surface area contributed by atoms with E-state index in [1.165, 1.54) is 48.0 Å². The zero-order valence-corrected chi connectivity index (χ0v) is 67.5. The number of hydrogen-bond acceptors (Lipinski definition) is 24. The van der Waals surface area contributed by atoms with Crippen molar-refractivity contribution in [1.29, 1.82) is 0 Å². The first-order chi connectivity index (χ1) is 86.3. The zero-order valence-electron chi connectivity index (χ0n) is 142. The predicted octanol–water partition coefficient (Wildman–Crippen LogP) is 14.3. The highest BCUT2D eigenvalue weighted by atomic mass is 16.6. The summed E-state index contributed by atoms with van der Waals surface area (Å²) < 4.78 is 677. The molecule has 16 unspecified atom stereocenters. The summed E-state index contributed by atoms with van der Waals surface area (Å²) in [6.07, 6.45) is -26.1. The molecule has 8 aliphatic rings. The molecule has 4 saturated heterocycles. The van der Waals surface area contributed by atoms with E-state index in [4.69, 9.17) is 176 Å². The Kier molecular flexibility index (Phi) is 13.5. The highest BCUT2D eigenvalue weighted by molar-refractivity contribution is 5.77. The quantitative estimate of drug-likeness (QED) is 0.0303. The molecule has 4 aromatic rings. The number of esters is 4. The van der Waals surface area contributed by atoms with Gasteiger partial charge in [-0.1, -0.05) is 110 Å². The summed E-state index contributed by atoms with van der Waals surface area (Å²) in [5.74, 6) is -47.4. The molecule has 24 nitrogen and oxygen atoms in total. The Morgan fingerprint density at radius 1 is 0.367 bits per heavy atom. The molecule has 4 aromatic carbocycles. The van der Waals surface area contributed by atoms with Crippen LogP contribution in [-0.4, -0.2) is 201 Å². The Morgan fingerprint density at radius 2 is 0.600 bits per heavy atom. The summed E-state index contributed by atoms with van der Waals surface area (Å²) in [6, 6.07) is -28.5. The lowest BCUT2D eigenvalue weighted by atomic mass is 9.79. The van der Waals surface area contributed by atoms with Crippen LogP contribution < -0.4 is 60.8 Å². The lowest BCUT2D eigenvalue weighted by Gasteiger charge is -2.47. The van der Waals surface area contributed by atoms with Gasteiger partial charge in [-0.3, -0.25) is 38.8 Å². The van der Waals surface area contributed by atoms with E-state index in [0.717, 1.165) is 41.9 Å². The van der Waals surface area contributed by atoms with Gasteiger partial charge >= 0.3 is 23.9 Å². The molecule has 4 fully saturated rings. The zero-order chi connectivity index (χ0) is 153. The third kappa shape index (κ3) is 23.8. The third-order valence-corrected chi connectivity index (χ3v) is 20.1. The van der Waals surface area contributed by atoms with Gasteiger partial charge in [0, 0.05) is 197 Å². The predicted molar refractivity (Wildman–Crippen MR) is 471 cm³/mol. The first-order valence-electron chi connectivity index (χ1n) is 74.6. The van der Waals surface area contributed by atoms with Crippen LogP contribution in [0.25, 0.3) is 0 Å². The number of nitrogens with two attached hydrogens (primary N) is 4. The fourth-order valence-electron chi connectivity index (χ4n) is 14.6. The number of hydrogen-bond donors (Lipinski definition) is 4. The molecule has 24 heteroatoms. The number of methoxy groups -OCH3 is 8. The van der Waals surface area contributed by atoms with E-state index >= 15 is 0 Å². The molecular weight excluding hydrogens is 1520 g/mol. The van der Waals surface area contributed by atoms with Gasteiger partial charge < -0.3 is 79.8 Å². The topological polar surface area (TPSA) is 296 Å². The largest absolute Gasteiger partial charge is 0.493 e. The molecule has 120 heavy (non-hydrogen) atoms. The van der Waals surface area contributed by atoms with Crippen LogP contribution in [0.2, 0.25) is 0 Å². The molecule has 0 saturated carbocycles. The molecule has 0 bridgehead atoms. The molecule has 8 heterocycles. The van der Waals surface area contributed by atoms with Gasteiger partial charge in [-0.25, -0.2) is 0 Å². The molecule has 8 N–H and O–H groups in total. The van der Waals surface area contributed by atoms with Gasteiger partial charge in [0.2, 0.25) is 0 Å². The molecule has 20 atom stereocenters. The normalized spacial score (nSPS) is 42.4. The van der Waals surface area contributed by atoms with Crippen LogP contribution in [0.15, 0.2) is 48.3 Å². The summed E-state index contributed by atoms with van der Waals surface area (Å²) in [5, 5.41) is 0. The molecule has 0 aliphatic carbocycles. The standard InChI is InChI=1S/4C24H38N2O4/c4*1-14(2)9-17-13-26-8-7-16-10-21(28-5)22(29-6)11-18(16)19(26)12-20(17)30-24(27)23(25)15(3)4/h4*10-11,14-15,17,19-20,23H,7-9,12-13,25H2,1-6H3/t4*17?,19?,20?,23-/m0000/s1/i1D3,3D3,4D3,9D2,10D,11D,14D,15D,19D,20D,23D;2*1D3,3D3,4D3,5D3,9D2,10D,11D,14D,15D,19D,23D;1D3,3D3,4D3,9D2,10D,11D,14D,15D,19D,23D/t4*14?,17?,19?,20?,23-. The van der Waals surface area contributed by atoms with Crippen LogP contribution in [0.1, 0.15) is 332 Å². The summed E-state index contributed by atoms with van der Waals surface area (Å²) in [7, 11) is 0.770. The van der Waals surface area contributed by atoms with Crippen molar-refractivity contribution in [3.63, 3.8) is 0 Å². The summed E-state index contributed by atoms with van der Waals surface area (Å²) in [5.41, 5.74) is 22.0. The van der Waals surface area contributed by atoms with Crippen LogP contribution in [-0.2, 0) is 63.8 Å². The number of rotatable bonds is 28. The Bertz CT molecular complexity index is 7250. The first-order valence-corrected chi connectivity index (χ1v) is 37.1. The van der Waals surface area contributed by atoms with Crippen molar-refractivity contribution in [2.75, 3.05) is 109 Å². The maximum Gasteiger partial charge on any atom is 0.323 e. The van der Waals surface area contributed by atoms with Crippen LogP contribution in [0.3, 0.4) is 0 Å². The summed E-state index contributed by atoms with van der Waals surface area (Å²) in [6.45, 7) is -44.6. The van der Waals surface area contributed by atoms with Crippen molar-refractivity contribution >= 4 is 23.9 Å². The number of carbonyl (C=O) groups is 4. The maximum atomic E-state index is 13.7. The highest BCUT2D eigenvalue weighted by Gasteiger charge is 2.47. The van der Waals surface area contributed by atoms with Gasteiger partial charge in [0.1, 0.15) is 48.5 Å². The van der Waals surface area contributed by atoms with E-state index in [1.54, 1.807) is 0 Å². The van der Waals surface area contributed by atoms with Crippen LogP contribution in [0, 0.1) is 70.8 Å². The number of nitrogens with zero attached hydrogens (tertiary/aromatic N) is 4. The van der Waals surface area contributed by atoms with Crippen molar-refractivity contribution in [2.45, 2.75) is 259 Å². The minimum Gasteiger partial charge on any atom is -0.493 e. The second-order valence-electron chi connectivity index (χ2n) is 28.1. The van der Waals surface area contributed by atoms with Crippen molar-refractivity contribution in [3.8, 4) is 46.0 Å². The molecule has 8 aliphatic heterocycles. The second-order valence-corrected chi connectivity index (χ2v) is 28.1. The Morgan fingerprint density at radius 3 is 0.850 bits per heavy atom. The first kappa shape index (κ1) is 36.8. The number of carbonyl (C=O) groups excluding carboxylic acids is 4. The molecule has 12 rings (SSSR count). The minimum atomic E-state index is -4.08. The van der Waals surface area contributed by atoms with E-state index in [-0.39, 0.29) is 131 Å². The van der Waals surface area contributed by atoms with E-state index in [2.05, 4.69) is 0 Å². The minimum absolute atomic E-state index is 0.0177. The average Bonchev–Trinajstić information content (AvgIpc) is 0.706. The van der Waals surface area contributed by atoms with E-state index in [1.807, 2.05) is 0 Å². The van der Waals surface area contributed by atoms with Gasteiger partial charge in [0.25, 0.3) is 0 Å². The molecule has 0 amide bonds. The Labute approximate surface area is 824 Å². The molecular formula is C96H152N8O16. The van der Waals surface area contributed by atoms with E-state index in [9.17, 15) is 26.0 Å². The average molecular weight is 1750 g/mol. The number of piperidine rings is 4. The number of ether oxygens (including phenoxy) is 12. The highest BCUT2D eigenvalue weighted by Crippen LogP contribution is 2.50. The Hall–Kier alpha value is -7.16. The van der Waals surface area contributed by atoms with Gasteiger partial charge in [-0.05, 0) is 191 Å². The van der Waals surface area contributed by atoms with Crippen molar-refractivity contribution in [3.05, 3.63) is 92.8 Å². The van der Waals surface area contributed by atoms with E-state index < -0.39 is 400 Å². The fourth-order valence-corrected chi connectivity index (χ4v) is 14.6. The van der Waals surface area contributed by atoms with Crippen LogP contribution in [0.5, 0.6) is 46.0 Å². The molecule has 0 aromatic heterocycles. The third-order valence-electron chi connectivity index (χ3n) is 20.1. The monoisotopic (exact) mass is 1750 g/mol. The number of fused-ring (bicyclic) bond motifs is 12. The molecule has 0 spiro atoms. The van der Waals surface area contributed by atoms with Crippen molar-refractivity contribution in [1.82, 2.24) is 19.6 Å². The SMILES string of the molecule is [2H]c1c2c(c([2H])c(OC)c1OC([2H])([2H])[2H])C1([2H])CC(OC(=O)[C@@]([2H])(N)C([2H])(C([2H])([2H])[2H])C([2H])([2H])[2H])C(C([2H])([2H])C([2H])(C)C([2H])([2H])[2H])CN1CC2.[2H]c1c2c(c([2H])c(OC)c1OC([2H])([2H])[2H])C1([2H])CC(OC(=O)[C@@]([2H])(N)C([2H])(C([2H])([2H])[2H])C([2H])([2H])[2H])C(C([2H])([2H])C([2H])(C)C([2H])([2H])[2H])CN1CC2.[2H]c1c2c(c([2H])c(OC)c1OC)C1([2H])CC(OC(=O)[C@@]([2H])(N)C([2H])(C([2H])([2H])[2H])C([2H])([2H])[2H])C(C([2H])([2H])C([2H])(C)C([2H])([2H])[2H])CN1CC2.[2H]c1c2c(c([2H])c(OC)c1OC)C1([2H])CC([2H])(OC(=O)[C@@]([2H])(N)C([2H])(C([2H])([2H])[2H])C([2H])([2H])[2H])C(C([2H])([2H])C([2H])(C)C([2H])([2H])[2H])CN1CC2. The maximum absolute atomic E-state index is 13.7. The van der Waals surface area contributed by atoms with Crippen LogP contribution >= 0.6 is 0 Å². The molecule has 672 valence electrons. The second kappa shape index (κ2) is 43.9. The van der Waals surface area contributed by atoms with Gasteiger partial charge in [0.15, 0.2) is 46.0 Å². The fraction of sp³-hybridized carbons (Fsp3) is 0.708. The molecule has 0 radical (unpaired) electrons. The van der Waals surface area contributed by atoms with Gasteiger partial charge in [-0.2, -0.15) is 0 Å². The van der Waals surface area contributed by atoms with E-state index in [0.29, 0.717) is 0 Å². The lowest BCUT2D eigenvalue weighted by Crippen LogP contribution is -2.51. The summed E-state index contributed by atoms with van der Waals surface area (Å²) >= 11 is 0. The number of benzene rings is 4. The van der Waals surface area contributed by atoms with Crippen LogP contribution in [0.4, 0.5) is 0 Å². The Balaban J connectivity index is 0.000000282. The van der Waals surface area contributed by atoms with Crippen molar-refractivity contribution in [2.24, 2.45) is 93.8 Å². The van der Waals surface area contributed by atoms with Gasteiger partial charge in [-0.15, -0.1) is 0 Å². The van der Waals surface area contributed by atoms with Crippen molar-refractivity contribution < 1.29 is 179 Å². The lowest BCUT2D eigenvalue weighted by molar-refractivity contribution is -0.161. The smallest absolute Gasteiger partial charge is 0.323 e. The van der Waals surface area contributed by atoms with Gasteiger partial charge in [0.05, 0.1) is 88.3 Å². The summed E-state index contributed by atoms with van der Waals surface area (Å²) in [4.78, 5) is 59.7.